The number of hydrogen-bond donors (Lipinski definition) is 16. The van der Waals surface area contributed by atoms with Crippen molar-refractivity contribution >= 4 is 74.7 Å². The first kappa shape index (κ1) is 71.8. The number of phosphoric ester groups is 2. The normalized spacial score (nSPS) is 24.8. The number of ether oxygens (including phenoxy) is 3. The molecule has 0 bridgehead atoms. The van der Waals surface area contributed by atoms with Gasteiger partial charge in [0, 0.05) is 45.0 Å². The number of ketones is 1. The smallest absolute Gasteiger partial charge is 0.480 e. The van der Waals surface area contributed by atoms with Gasteiger partial charge in [-0.15, -0.1) is 0 Å². The topological polar surface area (TPSA) is 561 Å². The van der Waals surface area contributed by atoms with Gasteiger partial charge in [-0.05, 0) is 60.3 Å². The van der Waals surface area contributed by atoms with E-state index in [0.29, 0.717) is 4.57 Å². The van der Waals surface area contributed by atoms with Crippen LogP contribution in [0.1, 0.15) is 92.7 Å². The Bertz CT molecular complexity index is 2750. The van der Waals surface area contributed by atoms with Crippen molar-refractivity contribution in [2.24, 2.45) is 0 Å². The van der Waals surface area contributed by atoms with E-state index in [-0.39, 0.29) is 44.4 Å². The number of aliphatic carboxylic acids is 2. The number of unbranched alkanes of at least 4 members (excludes halogenated alkanes) is 1. The van der Waals surface area contributed by atoms with Crippen LogP contribution >= 0.6 is 15.6 Å². The van der Waals surface area contributed by atoms with Crippen molar-refractivity contribution in [1.29, 1.82) is 0 Å². The molecule has 3 heterocycles. The van der Waals surface area contributed by atoms with Crippen molar-refractivity contribution in [3.8, 4) is 0 Å². The minimum absolute atomic E-state index is 0.0263. The molecule has 1 aromatic heterocycles. The Morgan fingerprint density at radius 3 is 1.90 bits per heavy atom. The molecule has 3 rings (SSSR count). The Balaban J connectivity index is 1.66. The molecule has 17 atom stereocenters. The van der Waals surface area contributed by atoms with Gasteiger partial charge in [0.05, 0.1) is 13.2 Å². The number of aromatic amines is 1. The summed E-state index contributed by atoms with van der Waals surface area (Å²) in [6.45, 7) is 4.62. The Morgan fingerprint density at radius 2 is 1.32 bits per heavy atom. The van der Waals surface area contributed by atoms with Crippen LogP contribution in [-0.4, -0.2) is 214 Å². The molecule has 37 nitrogen and oxygen atoms in total. The number of carbonyl (C=O) groups excluding carboxylic acids is 8. The van der Waals surface area contributed by atoms with Crippen molar-refractivity contribution < 1.29 is 125 Å². The Morgan fingerprint density at radius 1 is 0.702 bits per heavy atom. The fourth-order valence-electron chi connectivity index (χ4n) is 7.82. The van der Waals surface area contributed by atoms with Gasteiger partial charge in [0.1, 0.15) is 84.8 Å². The highest BCUT2D eigenvalue weighted by atomic mass is 31.3. The standard InChI is InChI=1S/C45H71N9O28P2/c1-19(56)10-12-29(58)46-15-8-7-9-25(40(67)48-20(2)37(64)49-22(4)42(68)69)51-30(59)13-11-26(43(70)71)52-38(65)21(3)47-39(66)23(5)78-36-32(50-24(6)57)44(80-27(17-55)34(36)62)81-84(75,76)82-83(73,74)77-18-28-33(61)35(63)41(79-28)54-16-14-31(60)53-45(54)72/h14,16,20-23,25-28,32-36,41,44,55,61-63H,7-13,15,17-18H2,1-6H3,(H,46,58)(H,47,66)(H,48,67)(H,49,64)(H,50,57)(H,51,59)(H,52,65)(H,68,69)(H,70,71)(H,73,74)(H,75,76)(H,53,60,72)/t20-,21+,22-,23+,25+,26-,27-,28-,32-,33-,34-,35-,36-,41-,44-/m1/s1. The lowest BCUT2D eigenvalue weighted by Gasteiger charge is -2.44. The first-order valence-electron chi connectivity index (χ1n) is 25.7. The fourth-order valence-corrected chi connectivity index (χ4v) is 9.99. The van der Waals surface area contributed by atoms with E-state index >= 15 is 0 Å². The van der Waals surface area contributed by atoms with E-state index in [9.17, 15) is 102 Å². The third-order valence-corrected chi connectivity index (χ3v) is 15.0. The van der Waals surface area contributed by atoms with Crippen LogP contribution in [0.4, 0.5) is 0 Å². The Kier molecular flexibility index (Phi) is 28.0. The summed E-state index contributed by atoms with van der Waals surface area (Å²) in [4.78, 5) is 171. The molecule has 2 saturated heterocycles. The van der Waals surface area contributed by atoms with E-state index < -0.39 is 198 Å². The minimum Gasteiger partial charge on any atom is -0.480 e. The zero-order chi connectivity index (χ0) is 63.6. The number of aliphatic hydroxyl groups is 4. The lowest BCUT2D eigenvalue weighted by atomic mass is 9.96. The number of carbonyl (C=O) groups is 10. The number of nitrogens with zero attached hydrogens (tertiary/aromatic N) is 1. The van der Waals surface area contributed by atoms with Crippen LogP contribution in [0.2, 0.25) is 0 Å². The van der Waals surface area contributed by atoms with Crippen LogP contribution in [0.5, 0.6) is 0 Å². The molecule has 2 unspecified atom stereocenters. The molecule has 2 fully saturated rings. The van der Waals surface area contributed by atoms with Crippen molar-refractivity contribution in [1.82, 2.24) is 46.8 Å². The molecule has 84 heavy (non-hydrogen) atoms. The summed E-state index contributed by atoms with van der Waals surface area (Å²) in [6.07, 6.45) is -17.1. The van der Waals surface area contributed by atoms with E-state index in [2.05, 4.69) is 46.1 Å². The number of carboxylic acids is 2. The second kappa shape index (κ2) is 32.7. The maximum absolute atomic E-state index is 13.4. The number of carboxylic acid groups (broad SMARTS) is 2. The van der Waals surface area contributed by atoms with Gasteiger partial charge in [0.2, 0.25) is 41.4 Å². The highest BCUT2D eigenvalue weighted by Crippen LogP contribution is 2.61. The molecule has 7 amide bonds. The summed E-state index contributed by atoms with van der Waals surface area (Å²) >= 11 is 0. The highest BCUT2D eigenvalue weighted by Gasteiger charge is 2.52. The quantitative estimate of drug-likeness (QED) is 0.0226. The SMILES string of the molecule is CC(=O)CCC(=O)NCCCC[C@H](NC(=O)CC[C@@H](NC(=O)[C@H](C)NC(=O)[C@H](C)O[C@H]1[C@H](O)[C@@H](CO)O[C@H](OP(=O)(O)OP(=O)(O)OC[C@H]2O[C@@H](n3ccc(=O)[nH]c3=O)[C@H](O)[C@@H]2O)[C@@H]1NC(C)=O)C(=O)O)C(=O)N[C@H](C)C(=O)N[C@H](C)C(=O)O. The number of nitrogens with one attached hydrogen (secondary N) is 8. The first-order valence-corrected chi connectivity index (χ1v) is 28.7. The van der Waals surface area contributed by atoms with Gasteiger partial charge in [-0.25, -0.2) is 18.7 Å². The van der Waals surface area contributed by atoms with Crippen LogP contribution < -0.4 is 48.5 Å². The summed E-state index contributed by atoms with van der Waals surface area (Å²) in [5.74, 6) is -9.57. The second-order valence-corrected chi connectivity index (χ2v) is 22.3. The molecule has 2 aliphatic heterocycles. The van der Waals surface area contributed by atoms with Crippen LogP contribution in [0.25, 0.3) is 0 Å². The van der Waals surface area contributed by atoms with Crippen LogP contribution in [0, 0.1) is 0 Å². The molecule has 474 valence electrons. The summed E-state index contributed by atoms with van der Waals surface area (Å²) in [5, 5.41) is 77.3. The zero-order valence-electron chi connectivity index (χ0n) is 46.0. The van der Waals surface area contributed by atoms with Crippen molar-refractivity contribution in [2.45, 2.75) is 178 Å². The van der Waals surface area contributed by atoms with E-state index in [0.717, 1.165) is 33.0 Å². The summed E-state index contributed by atoms with van der Waals surface area (Å²) in [7, 11) is -11.8. The number of hydrogen-bond acceptors (Lipinski definition) is 24. The maximum Gasteiger partial charge on any atom is 0.483 e. The average molecular weight is 1250 g/mol. The first-order chi connectivity index (χ1) is 39.1. The van der Waals surface area contributed by atoms with E-state index in [1.807, 2.05) is 4.98 Å². The molecular weight excluding hydrogens is 1180 g/mol. The number of phosphoric acid groups is 2. The van der Waals surface area contributed by atoms with Gasteiger partial charge >= 0.3 is 33.3 Å². The molecule has 1 aromatic rings. The van der Waals surface area contributed by atoms with E-state index in [1.165, 1.54) is 20.8 Å². The van der Waals surface area contributed by atoms with Crippen LogP contribution in [0.3, 0.4) is 0 Å². The number of Topliss-reactive ketones (excluding diaryl/α,β-unsaturated/α-hetero) is 1. The average Bonchev–Trinajstić information content (AvgIpc) is 3.19. The van der Waals surface area contributed by atoms with Gasteiger partial charge < -0.3 is 96.6 Å². The number of rotatable bonds is 34. The minimum atomic E-state index is -5.97. The highest BCUT2D eigenvalue weighted by molar-refractivity contribution is 7.61. The molecular formula is C45H71N9O28P2. The summed E-state index contributed by atoms with van der Waals surface area (Å²) in [5.41, 5.74) is -1.89. The number of aromatic nitrogens is 2. The van der Waals surface area contributed by atoms with E-state index in [4.69, 9.17) is 23.8 Å². The summed E-state index contributed by atoms with van der Waals surface area (Å²) < 4.78 is 57.2. The lowest BCUT2D eigenvalue weighted by Crippen LogP contribution is -2.66. The third kappa shape index (κ3) is 22.9. The predicted molar refractivity (Wildman–Crippen MR) is 277 cm³/mol. The molecule has 0 aromatic carbocycles. The Labute approximate surface area is 476 Å². The van der Waals surface area contributed by atoms with Gasteiger partial charge in [-0.2, -0.15) is 4.31 Å². The monoisotopic (exact) mass is 1250 g/mol. The van der Waals surface area contributed by atoms with Crippen molar-refractivity contribution in [3.63, 3.8) is 0 Å². The largest absolute Gasteiger partial charge is 0.483 e. The Hall–Kier alpha value is -6.44. The van der Waals surface area contributed by atoms with Gasteiger partial charge in [0.15, 0.2) is 12.5 Å². The number of amides is 7. The zero-order valence-corrected chi connectivity index (χ0v) is 47.8. The van der Waals surface area contributed by atoms with Gasteiger partial charge in [0.25, 0.3) is 5.56 Å². The van der Waals surface area contributed by atoms with Crippen LogP contribution in [0.15, 0.2) is 21.9 Å². The second-order valence-electron chi connectivity index (χ2n) is 19.3. The number of H-pyrrole nitrogens is 1. The fraction of sp³-hybridized carbons (Fsp3) is 0.689. The van der Waals surface area contributed by atoms with Gasteiger partial charge in [-0.3, -0.25) is 61.7 Å². The molecule has 0 spiro atoms. The van der Waals surface area contributed by atoms with Gasteiger partial charge in [-0.1, -0.05) is 0 Å². The number of aliphatic hydroxyl groups excluding tert-OH is 4. The third-order valence-electron chi connectivity index (χ3n) is 12.4. The molecule has 0 radical (unpaired) electrons. The molecule has 0 aliphatic carbocycles. The summed E-state index contributed by atoms with van der Waals surface area (Å²) in [6, 6.07) is -8.47. The van der Waals surface area contributed by atoms with Crippen LogP contribution in [-0.2, 0) is 84.6 Å². The van der Waals surface area contributed by atoms with E-state index in [1.54, 1.807) is 0 Å². The predicted octanol–water partition coefficient (Wildman–Crippen LogP) is -6.15. The lowest BCUT2D eigenvalue weighted by molar-refractivity contribution is -0.261. The molecule has 16 N–H and O–H groups in total. The van der Waals surface area contributed by atoms with Crippen molar-refractivity contribution in [3.05, 3.63) is 33.1 Å². The maximum atomic E-state index is 13.4. The molecule has 0 saturated carbocycles. The molecule has 2 aliphatic rings. The van der Waals surface area contributed by atoms with Crippen molar-refractivity contribution in [2.75, 3.05) is 19.8 Å². The molecule has 39 heteroatoms.